The van der Waals surface area contributed by atoms with Crippen LogP contribution in [0.5, 0.6) is 0 Å². The number of nitrogens with one attached hydrogen (secondary N) is 1. The number of thiazole rings is 1. The van der Waals surface area contributed by atoms with E-state index >= 15 is 0 Å². The van der Waals surface area contributed by atoms with Gasteiger partial charge in [-0.15, -0.1) is 11.3 Å². The Morgan fingerprint density at radius 3 is 2.82 bits per heavy atom. The molecule has 9 nitrogen and oxygen atoms in total. The molecule has 2 unspecified atom stereocenters. The van der Waals surface area contributed by atoms with Gasteiger partial charge in [0.25, 0.3) is 5.91 Å². The molecule has 1 N–H and O–H groups in total. The first-order valence-corrected chi connectivity index (χ1v) is 10.5. The molecule has 1 saturated heterocycles. The number of rotatable bonds is 5. The van der Waals surface area contributed by atoms with Gasteiger partial charge in [-0.05, 0) is 18.8 Å². The summed E-state index contributed by atoms with van der Waals surface area (Å²) in [6.07, 6.45) is 4.20. The largest absolute Gasteiger partial charge is 0.453 e. The van der Waals surface area contributed by atoms with Gasteiger partial charge in [0, 0.05) is 18.1 Å². The second-order valence-corrected chi connectivity index (χ2v) is 8.44. The maximum absolute atomic E-state index is 13.1. The Hall–Kier alpha value is -2.14. The van der Waals surface area contributed by atoms with E-state index in [4.69, 9.17) is 0 Å². The zero-order chi connectivity index (χ0) is 20.4. The number of amides is 3. The van der Waals surface area contributed by atoms with Crippen LogP contribution in [0.4, 0.5) is 10.6 Å². The molecule has 2 aromatic heterocycles. The van der Waals surface area contributed by atoms with Crippen molar-refractivity contribution in [3.8, 4) is 0 Å². The SMILES string of the molecule is COC(=O)NC(C(=O)N1CCCC1C(=O)N(Br)c1cn2ccsc2n1)C(C)C. The molecule has 1 aliphatic heterocycles. The molecule has 3 rings (SSSR count). The van der Waals surface area contributed by atoms with Crippen molar-refractivity contribution in [1.82, 2.24) is 19.6 Å². The van der Waals surface area contributed by atoms with Crippen molar-refractivity contribution in [2.45, 2.75) is 38.8 Å². The number of hydrogen-bond acceptors (Lipinski definition) is 6. The predicted molar refractivity (Wildman–Crippen MR) is 108 cm³/mol. The number of halogens is 1. The van der Waals surface area contributed by atoms with Crippen LogP contribution < -0.4 is 9.24 Å². The third-order valence-electron chi connectivity index (χ3n) is 4.69. The van der Waals surface area contributed by atoms with Crippen LogP contribution >= 0.6 is 27.5 Å². The molecule has 2 atom stereocenters. The number of methoxy groups -OCH3 is 1. The average molecular weight is 472 g/mol. The van der Waals surface area contributed by atoms with Gasteiger partial charge in [0.15, 0.2) is 10.8 Å². The Bertz CT molecular complexity index is 853. The van der Waals surface area contributed by atoms with Crippen molar-refractivity contribution < 1.29 is 19.1 Å². The first-order valence-electron chi connectivity index (χ1n) is 8.90. The molecular formula is C17H22BrN5O4S. The molecule has 0 aliphatic carbocycles. The highest BCUT2D eigenvalue weighted by atomic mass is 79.9. The zero-order valence-corrected chi connectivity index (χ0v) is 18.2. The van der Waals surface area contributed by atoms with E-state index in [2.05, 4.69) is 31.2 Å². The van der Waals surface area contributed by atoms with Gasteiger partial charge in [0.2, 0.25) is 5.91 Å². The number of ether oxygens (including phenoxy) is 1. The lowest BCUT2D eigenvalue weighted by atomic mass is 10.0. The molecule has 1 fully saturated rings. The second-order valence-electron chi connectivity index (χ2n) is 6.86. The van der Waals surface area contributed by atoms with E-state index in [0.717, 1.165) is 4.96 Å². The second kappa shape index (κ2) is 8.48. The van der Waals surface area contributed by atoms with E-state index in [9.17, 15) is 14.4 Å². The molecule has 3 amide bonds. The van der Waals surface area contributed by atoms with Gasteiger partial charge in [-0.3, -0.25) is 14.0 Å². The van der Waals surface area contributed by atoms with Crippen LogP contribution in [0, 0.1) is 5.92 Å². The number of alkyl carbamates (subject to hydrolysis) is 1. The fourth-order valence-corrected chi connectivity index (χ4v) is 4.32. The van der Waals surface area contributed by atoms with Crippen LogP contribution in [-0.2, 0) is 14.3 Å². The van der Waals surface area contributed by atoms with Gasteiger partial charge in [-0.1, -0.05) is 13.8 Å². The predicted octanol–water partition coefficient (Wildman–Crippen LogP) is 2.41. The summed E-state index contributed by atoms with van der Waals surface area (Å²) < 4.78 is 7.76. The highest BCUT2D eigenvalue weighted by Crippen LogP contribution is 2.27. The van der Waals surface area contributed by atoms with Gasteiger partial charge < -0.3 is 15.0 Å². The van der Waals surface area contributed by atoms with Crippen LogP contribution in [0.3, 0.4) is 0 Å². The van der Waals surface area contributed by atoms with E-state index in [-0.39, 0.29) is 17.7 Å². The van der Waals surface area contributed by atoms with Crippen molar-refractivity contribution in [2.24, 2.45) is 5.92 Å². The number of fused-ring (bicyclic) bond motifs is 1. The first-order chi connectivity index (χ1) is 13.3. The van der Waals surface area contributed by atoms with E-state index in [0.29, 0.717) is 25.2 Å². The van der Waals surface area contributed by atoms with Gasteiger partial charge >= 0.3 is 6.09 Å². The third-order valence-corrected chi connectivity index (χ3v) is 6.17. The summed E-state index contributed by atoms with van der Waals surface area (Å²) in [5.41, 5.74) is 0. The summed E-state index contributed by atoms with van der Waals surface area (Å²) in [6.45, 7) is 4.13. The Labute approximate surface area is 175 Å². The summed E-state index contributed by atoms with van der Waals surface area (Å²) in [5.74, 6) is -0.243. The first kappa shape index (κ1) is 20.6. The number of carbonyl (C=O) groups excluding carboxylic acids is 3. The standard InChI is InChI=1S/C17H22BrN5O4S/c1-10(2)13(20-17(26)27-3)15(25)22-6-4-5-11(22)14(24)23(18)12-9-21-7-8-28-16(21)19-12/h7-11,13H,4-6H2,1-3H3,(H,20,26). The number of nitrogens with zero attached hydrogens (tertiary/aromatic N) is 4. The topological polar surface area (TPSA) is 96.2 Å². The fraction of sp³-hybridized carbons (Fsp3) is 0.529. The van der Waals surface area contributed by atoms with Crippen molar-refractivity contribution in [3.05, 3.63) is 17.8 Å². The molecule has 0 radical (unpaired) electrons. The molecule has 152 valence electrons. The summed E-state index contributed by atoms with van der Waals surface area (Å²) in [6, 6.07) is -1.38. The number of imidazole rings is 1. The smallest absolute Gasteiger partial charge is 0.407 e. The number of likely N-dealkylation sites (tertiary alicyclic amines) is 1. The minimum absolute atomic E-state index is 0.150. The van der Waals surface area contributed by atoms with Crippen LogP contribution in [-0.4, -0.2) is 57.9 Å². The Morgan fingerprint density at radius 1 is 1.43 bits per heavy atom. The number of carbonyl (C=O) groups is 3. The Balaban J connectivity index is 1.76. The lowest BCUT2D eigenvalue weighted by Crippen LogP contribution is -2.55. The van der Waals surface area contributed by atoms with Gasteiger partial charge in [-0.25, -0.2) is 13.7 Å². The van der Waals surface area contributed by atoms with E-state index in [1.165, 1.54) is 27.3 Å². The number of anilines is 1. The average Bonchev–Trinajstić information content (AvgIpc) is 3.39. The van der Waals surface area contributed by atoms with Gasteiger partial charge in [0.05, 0.1) is 29.5 Å². The normalized spacial score (nSPS) is 17.8. The Kier molecular flexibility index (Phi) is 6.23. The van der Waals surface area contributed by atoms with Crippen molar-refractivity contribution >= 4 is 56.2 Å². The minimum Gasteiger partial charge on any atom is -0.453 e. The third kappa shape index (κ3) is 4.00. The molecule has 0 spiro atoms. The highest BCUT2D eigenvalue weighted by Gasteiger charge is 2.40. The lowest BCUT2D eigenvalue weighted by molar-refractivity contribution is -0.139. The van der Waals surface area contributed by atoms with Crippen LogP contribution in [0.2, 0.25) is 0 Å². The summed E-state index contributed by atoms with van der Waals surface area (Å²) in [5, 5.41) is 4.48. The molecule has 28 heavy (non-hydrogen) atoms. The molecule has 2 aromatic rings. The number of hydrogen-bond donors (Lipinski definition) is 1. The highest BCUT2D eigenvalue weighted by molar-refractivity contribution is 9.10. The quantitative estimate of drug-likeness (QED) is 0.675. The molecule has 11 heteroatoms. The summed E-state index contributed by atoms with van der Waals surface area (Å²) in [7, 11) is 1.25. The van der Waals surface area contributed by atoms with E-state index < -0.39 is 18.2 Å². The lowest BCUT2D eigenvalue weighted by Gasteiger charge is -2.31. The van der Waals surface area contributed by atoms with Crippen molar-refractivity contribution in [3.63, 3.8) is 0 Å². The maximum Gasteiger partial charge on any atom is 0.407 e. The van der Waals surface area contributed by atoms with Gasteiger partial charge in [-0.2, -0.15) is 0 Å². The van der Waals surface area contributed by atoms with Gasteiger partial charge in [0.1, 0.15) is 12.1 Å². The molecule has 0 saturated carbocycles. The Morgan fingerprint density at radius 2 is 2.18 bits per heavy atom. The molecule has 3 heterocycles. The molecule has 0 bridgehead atoms. The molecule has 0 aromatic carbocycles. The summed E-state index contributed by atoms with van der Waals surface area (Å²) >= 11 is 4.77. The van der Waals surface area contributed by atoms with Crippen molar-refractivity contribution in [2.75, 3.05) is 17.6 Å². The minimum atomic E-state index is -0.762. The maximum atomic E-state index is 13.1. The molecular weight excluding hydrogens is 450 g/mol. The fourth-order valence-electron chi connectivity index (χ4n) is 3.22. The number of aromatic nitrogens is 2. The van der Waals surface area contributed by atoms with Crippen LogP contribution in [0.1, 0.15) is 26.7 Å². The summed E-state index contributed by atoms with van der Waals surface area (Å²) in [4.78, 5) is 44.5. The van der Waals surface area contributed by atoms with E-state index in [1.54, 1.807) is 6.20 Å². The van der Waals surface area contributed by atoms with Crippen molar-refractivity contribution in [1.29, 1.82) is 0 Å². The van der Waals surface area contributed by atoms with E-state index in [1.807, 2.05) is 29.8 Å². The zero-order valence-electron chi connectivity index (χ0n) is 15.8. The monoisotopic (exact) mass is 471 g/mol. The van der Waals surface area contributed by atoms with Crippen LogP contribution in [0.25, 0.3) is 4.96 Å². The molecule has 1 aliphatic rings. The van der Waals surface area contributed by atoms with Crippen LogP contribution in [0.15, 0.2) is 17.8 Å².